The molecule has 0 N–H and O–H groups in total. The highest BCUT2D eigenvalue weighted by Crippen LogP contribution is 2.43. The molecule has 1 atom stereocenters. The van der Waals surface area contributed by atoms with Crippen LogP contribution in [0.15, 0.2) is 35.4 Å². The van der Waals surface area contributed by atoms with Gasteiger partial charge in [-0.25, -0.2) is 12.8 Å². The quantitative estimate of drug-likeness (QED) is 0.760. The van der Waals surface area contributed by atoms with E-state index >= 15 is 0 Å². The summed E-state index contributed by atoms with van der Waals surface area (Å²) < 4.78 is 45.4. The van der Waals surface area contributed by atoms with Crippen molar-refractivity contribution in [2.45, 2.75) is 31.2 Å². The highest BCUT2D eigenvalue weighted by molar-refractivity contribution is 7.89. The number of amides is 1. The van der Waals surface area contributed by atoms with E-state index in [0.29, 0.717) is 23.4 Å². The molecule has 4 rings (SSSR count). The van der Waals surface area contributed by atoms with Crippen LogP contribution in [-0.2, 0) is 15.6 Å². The second-order valence-electron chi connectivity index (χ2n) is 7.57. The van der Waals surface area contributed by atoms with Crippen molar-refractivity contribution in [2.75, 3.05) is 26.5 Å². The van der Waals surface area contributed by atoms with Crippen LogP contribution in [0.2, 0.25) is 0 Å². The number of rotatable bonds is 4. The van der Waals surface area contributed by atoms with Gasteiger partial charge in [0, 0.05) is 25.8 Å². The van der Waals surface area contributed by atoms with Gasteiger partial charge in [0.1, 0.15) is 5.75 Å². The maximum atomic E-state index is 13.4. The van der Waals surface area contributed by atoms with Crippen molar-refractivity contribution in [1.82, 2.24) is 14.2 Å². The minimum atomic E-state index is -3.80. The number of carbonyl (C=O) groups is 1. The summed E-state index contributed by atoms with van der Waals surface area (Å²) in [6.45, 7) is 5.00. The van der Waals surface area contributed by atoms with Crippen LogP contribution >= 0.6 is 0 Å². The van der Waals surface area contributed by atoms with E-state index in [0.717, 1.165) is 5.56 Å². The van der Waals surface area contributed by atoms with E-state index in [4.69, 9.17) is 4.74 Å². The number of hydrogen-bond acceptors (Lipinski definition) is 5. The van der Waals surface area contributed by atoms with Crippen molar-refractivity contribution in [3.8, 4) is 5.75 Å². The Kier molecular flexibility index (Phi) is 4.62. The Hall–Kier alpha value is -2.52. The van der Waals surface area contributed by atoms with Crippen LogP contribution in [0, 0.1) is 13.8 Å². The van der Waals surface area contributed by atoms with Gasteiger partial charge in [0.25, 0.3) is 5.91 Å². The zero-order valence-corrected chi connectivity index (χ0v) is 17.3. The molecule has 29 heavy (non-hydrogen) atoms. The first-order valence-electron chi connectivity index (χ1n) is 9.28. The predicted molar refractivity (Wildman–Crippen MR) is 104 cm³/mol. The first kappa shape index (κ1) is 19.8. The first-order chi connectivity index (χ1) is 13.7. The largest absolute Gasteiger partial charge is 0.463 e. The second-order valence-corrected chi connectivity index (χ2v) is 9.48. The number of fused-ring (bicyclic) bond motifs is 3. The number of alkyl halides is 1. The fourth-order valence-electron chi connectivity index (χ4n) is 4.35. The van der Waals surface area contributed by atoms with Gasteiger partial charge in [-0.3, -0.25) is 9.78 Å². The summed E-state index contributed by atoms with van der Waals surface area (Å²) in [5.74, 6) is 0.174. The summed E-state index contributed by atoms with van der Waals surface area (Å²) in [6.07, 6.45) is 1.65. The van der Waals surface area contributed by atoms with Gasteiger partial charge in [-0.1, -0.05) is 0 Å². The lowest BCUT2D eigenvalue weighted by Gasteiger charge is -2.44. The number of hydrogen-bond donors (Lipinski definition) is 0. The lowest BCUT2D eigenvalue weighted by atomic mass is 9.90. The maximum Gasteiger partial charge on any atom is 0.256 e. The monoisotopic (exact) mass is 419 g/mol. The molecule has 2 aliphatic rings. The van der Waals surface area contributed by atoms with E-state index in [-0.39, 0.29) is 29.6 Å². The van der Waals surface area contributed by atoms with Crippen LogP contribution in [0.3, 0.4) is 0 Å². The third-order valence-corrected chi connectivity index (χ3v) is 7.82. The molecule has 2 aliphatic heterocycles. The Labute approximate surface area is 169 Å². The fraction of sp³-hybridized carbons (Fsp3) is 0.400. The second kappa shape index (κ2) is 6.77. The summed E-state index contributed by atoms with van der Waals surface area (Å²) in [6, 6.07) is 6.19. The van der Waals surface area contributed by atoms with Gasteiger partial charge < -0.3 is 9.64 Å². The lowest BCUT2D eigenvalue weighted by molar-refractivity contribution is 0.0375. The minimum Gasteiger partial charge on any atom is -0.463 e. The highest BCUT2D eigenvalue weighted by atomic mass is 32.2. The molecular formula is C20H22FN3O4S. The number of sulfonamides is 1. The molecule has 1 unspecified atom stereocenters. The van der Waals surface area contributed by atoms with Crippen LogP contribution in [-0.4, -0.2) is 55.0 Å². The molecule has 0 aliphatic carbocycles. The summed E-state index contributed by atoms with van der Waals surface area (Å²) in [4.78, 5) is 19.0. The summed E-state index contributed by atoms with van der Waals surface area (Å²) in [5, 5.41) is 0. The number of ether oxygens (including phenoxy) is 1. The molecule has 0 bridgehead atoms. The first-order valence-corrected chi connectivity index (χ1v) is 10.7. The zero-order chi connectivity index (χ0) is 21.0. The van der Waals surface area contributed by atoms with Crippen molar-refractivity contribution in [3.63, 3.8) is 0 Å². The number of halogens is 1. The van der Waals surface area contributed by atoms with Crippen LogP contribution < -0.4 is 4.74 Å². The number of aryl methyl sites for hydroxylation is 2. The molecule has 154 valence electrons. The Morgan fingerprint density at radius 1 is 1.24 bits per heavy atom. The highest BCUT2D eigenvalue weighted by Gasteiger charge is 2.52. The van der Waals surface area contributed by atoms with E-state index in [1.54, 1.807) is 31.0 Å². The van der Waals surface area contributed by atoms with Gasteiger partial charge >= 0.3 is 0 Å². The number of pyridine rings is 1. The average Bonchev–Trinajstić information content (AvgIpc) is 2.90. The number of piperazine rings is 1. The normalized spacial score (nSPS) is 21.8. The number of aromatic nitrogens is 1. The van der Waals surface area contributed by atoms with Crippen LogP contribution in [0.1, 0.15) is 34.1 Å². The van der Waals surface area contributed by atoms with E-state index < -0.39 is 22.4 Å². The third-order valence-electron chi connectivity index (χ3n) is 5.82. The SMILES string of the molecule is Cc1cc(OCF)ccc1S(=O)(=O)N1CCN2C(=O)c3c(ccnc3C)C2(C)C1. The fourth-order valence-corrected chi connectivity index (χ4v) is 6.08. The van der Waals surface area contributed by atoms with Crippen LogP contribution in [0.25, 0.3) is 0 Å². The molecule has 0 saturated carbocycles. The maximum absolute atomic E-state index is 13.4. The summed E-state index contributed by atoms with van der Waals surface area (Å²) in [7, 11) is -3.80. The predicted octanol–water partition coefficient (Wildman–Crippen LogP) is 2.38. The van der Waals surface area contributed by atoms with E-state index in [1.807, 2.05) is 6.92 Å². The average molecular weight is 419 g/mol. The number of carbonyl (C=O) groups excluding carboxylic acids is 1. The summed E-state index contributed by atoms with van der Waals surface area (Å²) in [5.41, 5.74) is 1.75. The van der Waals surface area contributed by atoms with E-state index in [1.165, 1.54) is 22.5 Å². The van der Waals surface area contributed by atoms with Gasteiger partial charge in [0.05, 0.1) is 21.7 Å². The van der Waals surface area contributed by atoms with Crippen molar-refractivity contribution >= 4 is 15.9 Å². The van der Waals surface area contributed by atoms with Crippen molar-refractivity contribution in [1.29, 1.82) is 0 Å². The number of nitrogens with zero attached hydrogens (tertiary/aromatic N) is 3. The van der Waals surface area contributed by atoms with Gasteiger partial charge in [0.2, 0.25) is 16.9 Å². The molecule has 1 amide bonds. The standard InChI is InChI=1S/C20H22FN3O4S/c1-13-10-15(28-12-21)4-5-17(13)29(26,27)23-8-9-24-19(25)18-14(2)22-7-6-16(18)20(24,3)11-23/h4-7,10H,8-9,11-12H2,1-3H3. The van der Waals surface area contributed by atoms with E-state index in [2.05, 4.69) is 4.98 Å². The van der Waals surface area contributed by atoms with Crippen LogP contribution in [0.4, 0.5) is 4.39 Å². The minimum absolute atomic E-state index is 0.103. The molecule has 3 heterocycles. The van der Waals surface area contributed by atoms with Gasteiger partial charge in [0.15, 0.2) is 0 Å². The molecule has 1 saturated heterocycles. The van der Waals surface area contributed by atoms with Gasteiger partial charge in [-0.2, -0.15) is 4.31 Å². The van der Waals surface area contributed by atoms with E-state index in [9.17, 15) is 17.6 Å². The molecule has 0 radical (unpaired) electrons. The molecular weight excluding hydrogens is 397 g/mol. The number of benzene rings is 1. The van der Waals surface area contributed by atoms with Gasteiger partial charge in [-0.15, -0.1) is 0 Å². The Bertz CT molecular complexity index is 1100. The smallest absolute Gasteiger partial charge is 0.256 e. The summed E-state index contributed by atoms with van der Waals surface area (Å²) >= 11 is 0. The molecule has 1 aromatic heterocycles. The zero-order valence-electron chi connectivity index (χ0n) is 16.5. The topological polar surface area (TPSA) is 79.8 Å². The Balaban J connectivity index is 1.71. The molecule has 2 aromatic rings. The third kappa shape index (κ3) is 2.91. The van der Waals surface area contributed by atoms with Crippen molar-refractivity contribution in [3.05, 3.63) is 52.8 Å². The molecule has 1 aromatic carbocycles. The van der Waals surface area contributed by atoms with Crippen molar-refractivity contribution < 1.29 is 22.3 Å². The Morgan fingerprint density at radius 3 is 2.69 bits per heavy atom. The van der Waals surface area contributed by atoms with Crippen molar-refractivity contribution in [2.24, 2.45) is 0 Å². The molecule has 1 fully saturated rings. The molecule has 7 nitrogen and oxygen atoms in total. The molecule has 9 heteroatoms. The lowest BCUT2D eigenvalue weighted by Crippen LogP contribution is -2.58. The Morgan fingerprint density at radius 2 is 2.00 bits per heavy atom. The van der Waals surface area contributed by atoms with Gasteiger partial charge in [-0.05, 0) is 56.2 Å². The van der Waals surface area contributed by atoms with Crippen LogP contribution in [0.5, 0.6) is 5.75 Å². The molecule has 0 spiro atoms.